The van der Waals surface area contributed by atoms with Gasteiger partial charge in [0.25, 0.3) is 0 Å². The quantitative estimate of drug-likeness (QED) is 0.652. The SMILES string of the molecule is COc1ccc2c(c1)CCc1cc3ccc(OC)cc3[o+]c1-2. The standard InChI is InChI=1S/C19H17O3/c1-20-15-7-8-17-12(10-15)3-4-14-9-13-5-6-16(21-2)11-18(13)22-19(14)17/h5-11H,3-4H2,1-2H3/q+1. The lowest BCUT2D eigenvalue weighted by molar-refractivity contribution is 0.414. The average Bonchev–Trinajstić information content (AvgIpc) is 2.58. The number of benzene rings is 2. The summed E-state index contributed by atoms with van der Waals surface area (Å²) < 4.78 is 16.8. The predicted molar refractivity (Wildman–Crippen MR) is 86.6 cm³/mol. The Morgan fingerprint density at radius 2 is 1.55 bits per heavy atom. The highest BCUT2D eigenvalue weighted by atomic mass is 16.5. The zero-order chi connectivity index (χ0) is 15.1. The monoisotopic (exact) mass is 293 g/mol. The van der Waals surface area contributed by atoms with Gasteiger partial charge in [-0.25, -0.2) is 4.42 Å². The zero-order valence-corrected chi connectivity index (χ0v) is 12.7. The second-order valence-electron chi connectivity index (χ2n) is 5.53. The van der Waals surface area contributed by atoms with E-state index < -0.39 is 0 Å². The summed E-state index contributed by atoms with van der Waals surface area (Å²) in [6.45, 7) is 0. The molecule has 3 nitrogen and oxygen atoms in total. The molecule has 1 aliphatic carbocycles. The normalized spacial score (nSPS) is 12.6. The van der Waals surface area contributed by atoms with E-state index in [0.717, 1.165) is 46.6 Å². The van der Waals surface area contributed by atoms with Crippen molar-refractivity contribution in [1.29, 1.82) is 0 Å². The van der Waals surface area contributed by atoms with Gasteiger partial charge in [-0.05, 0) is 54.8 Å². The second kappa shape index (κ2) is 5.02. The second-order valence-corrected chi connectivity index (χ2v) is 5.53. The van der Waals surface area contributed by atoms with Crippen LogP contribution in [0.1, 0.15) is 11.1 Å². The molecule has 22 heavy (non-hydrogen) atoms. The molecular formula is C19H17O3+. The summed E-state index contributed by atoms with van der Waals surface area (Å²) >= 11 is 0. The topological polar surface area (TPSA) is 29.8 Å². The smallest absolute Gasteiger partial charge is 0.364 e. The molecule has 0 saturated heterocycles. The molecule has 0 spiro atoms. The summed E-state index contributed by atoms with van der Waals surface area (Å²) in [7, 11) is 3.36. The summed E-state index contributed by atoms with van der Waals surface area (Å²) in [6, 6.07) is 14.3. The minimum absolute atomic E-state index is 0.807. The number of fused-ring (bicyclic) bond motifs is 4. The predicted octanol–water partition coefficient (Wildman–Crippen LogP) is 4.50. The van der Waals surface area contributed by atoms with E-state index >= 15 is 0 Å². The van der Waals surface area contributed by atoms with Gasteiger partial charge in [-0.1, -0.05) is 0 Å². The maximum Gasteiger partial charge on any atom is 0.364 e. The summed E-state index contributed by atoms with van der Waals surface area (Å²) in [5.74, 6) is 2.66. The molecule has 0 aliphatic heterocycles. The maximum atomic E-state index is 6.21. The summed E-state index contributed by atoms with van der Waals surface area (Å²) in [4.78, 5) is 0. The zero-order valence-electron chi connectivity index (χ0n) is 12.7. The van der Waals surface area contributed by atoms with Crippen LogP contribution >= 0.6 is 0 Å². The Kier molecular flexibility index (Phi) is 3.00. The third-order valence-corrected chi connectivity index (χ3v) is 4.27. The molecule has 0 saturated carbocycles. The number of ether oxygens (including phenoxy) is 2. The van der Waals surface area contributed by atoms with E-state index in [1.54, 1.807) is 14.2 Å². The molecule has 4 rings (SSSR count). The Bertz CT molecular complexity index is 868. The number of aryl methyl sites for hydroxylation is 2. The first-order valence-electron chi connectivity index (χ1n) is 7.39. The minimum atomic E-state index is 0.807. The van der Waals surface area contributed by atoms with Gasteiger partial charge in [-0.3, -0.25) is 0 Å². The van der Waals surface area contributed by atoms with Crippen LogP contribution in [0.25, 0.3) is 22.3 Å². The third-order valence-electron chi connectivity index (χ3n) is 4.27. The molecule has 1 heterocycles. The van der Waals surface area contributed by atoms with Gasteiger partial charge in [0.1, 0.15) is 11.5 Å². The highest BCUT2D eigenvalue weighted by Gasteiger charge is 2.28. The van der Waals surface area contributed by atoms with E-state index in [-0.39, 0.29) is 0 Å². The van der Waals surface area contributed by atoms with Crippen LogP contribution in [-0.4, -0.2) is 14.2 Å². The van der Waals surface area contributed by atoms with Crippen LogP contribution in [-0.2, 0) is 12.8 Å². The molecule has 0 fully saturated rings. The number of rotatable bonds is 2. The van der Waals surface area contributed by atoms with Crippen LogP contribution in [0.15, 0.2) is 46.9 Å². The lowest BCUT2D eigenvalue weighted by Gasteiger charge is -2.14. The fraction of sp³-hybridized carbons (Fsp3) is 0.211. The highest BCUT2D eigenvalue weighted by molar-refractivity contribution is 5.83. The van der Waals surface area contributed by atoms with Crippen LogP contribution in [0.3, 0.4) is 0 Å². The van der Waals surface area contributed by atoms with Crippen molar-refractivity contribution in [3.05, 3.63) is 53.6 Å². The first kappa shape index (κ1) is 13.1. The Morgan fingerprint density at radius 1 is 0.818 bits per heavy atom. The Hall–Kier alpha value is -2.55. The molecule has 3 heteroatoms. The molecule has 0 bridgehead atoms. The lowest BCUT2D eigenvalue weighted by Crippen LogP contribution is -2.04. The first-order chi connectivity index (χ1) is 10.8. The number of hydrogen-bond donors (Lipinski definition) is 0. The number of hydrogen-bond acceptors (Lipinski definition) is 2. The van der Waals surface area contributed by atoms with Crippen molar-refractivity contribution in [3.8, 4) is 22.8 Å². The van der Waals surface area contributed by atoms with Gasteiger partial charge in [-0.15, -0.1) is 0 Å². The molecule has 110 valence electrons. The molecular weight excluding hydrogens is 276 g/mol. The van der Waals surface area contributed by atoms with Crippen LogP contribution in [0.5, 0.6) is 11.5 Å². The van der Waals surface area contributed by atoms with Gasteiger partial charge in [0.2, 0.25) is 0 Å². The lowest BCUT2D eigenvalue weighted by atomic mass is 9.89. The van der Waals surface area contributed by atoms with Gasteiger partial charge in [0, 0.05) is 0 Å². The molecule has 2 aromatic carbocycles. The van der Waals surface area contributed by atoms with E-state index in [1.165, 1.54) is 11.1 Å². The molecule has 0 radical (unpaired) electrons. The van der Waals surface area contributed by atoms with Crippen LogP contribution < -0.4 is 9.47 Å². The fourth-order valence-electron chi connectivity index (χ4n) is 3.09. The summed E-state index contributed by atoms with van der Waals surface area (Å²) in [6.07, 6.45) is 2.00. The third kappa shape index (κ3) is 2.01. The van der Waals surface area contributed by atoms with Crippen molar-refractivity contribution in [1.82, 2.24) is 0 Å². The number of methoxy groups -OCH3 is 2. The molecule has 3 aromatic rings. The van der Waals surface area contributed by atoms with E-state index in [9.17, 15) is 0 Å². The maximum absolute atomic E-state index is 6.21. The van der Waals surface area contributed by atoms with Crippen LogP contribution in [0, 0.1) is 0 Å². The van der Waals surface area contributed by atoms with E-state index in [0.29, 0.717) is 0 Å². The van der Waals surface area contributed by atoms with Crippen molar-refractivity contribution >= 4 is 11.0 Å². The van der Waals surface area contributed by atoms with Gasteiger partial charge < -0.3 is 9.47 Å². The molecule has 1 aliphatic rings. The molecule has 0 unspecified atom stereocenters. The minimum Gasteiger partial charge on any atom is -0.497 e. The summed E-state index contributed by atoms with van der Waals surface area (Å²) in [5, 5.41) is 1.11. The Morgan fingerprint density at radius 3 is 2.36 bits per heavy atom. The molecule has 0 N–H and O–H groups in total. The van der Waals surface area contributed by atoms with Crippen molar-refractivity contribution in [2.24, 2.45) is 0 Å². The van der Waals surface area contributed by atoms with Gasteiger partial charge in [0.15, 0.2) is 0 Å². The van der Waals surface area contributed by atoms with Crippen LogP contribution in [0.4, 0.5) is 0 Å². The van der Waals surface area contributed by atoms with E-state index in [2.05, 4.69) is 18.2 Å². The van der Waals surface area contributed by atoms with Crippen molar-refractivity contribution in [2.75, 3.05) is 14.2 Å². The molecule has 1 aromatic heterocycles. The van der Waals surface area contributed by atoms with E-state index in [4.69, 9.17) is 13.9 Å². The highest BCUT2D eigenvalue weighted by Crippen LogP contribution is 2.38. The summed E-state index contributed by atoms with van der Waals surface area (Å²) in [5.41, 5.74) is 4.54. The molecule has 0 atom stereocenters. The Labute approximate surface area is 129 Å². The van der Waals surface area contributed by atoms with E-state index in [1.807, 2.05) is 24.3 Å². The van der Waals surface area contributed by atoms with Gasteiger partial charge >= 0.3 is 11.3 Å². The van der Waals surface area contributed by atoms with Gasteiger partial charge in [0.05, 0.1) is 36.8 Å². The average molecular weight is 293 g/mol. The van der Waals surface area contributed by atoms with Crippen LogP contribution in [0.2, 0.25) is 0 Å². The van der Waals surface area contributed by atoms with Gasteiger partial charge in [-0.2, -0.15) is 0 Å². The largest absolute Gasteiger partial charge is 0.497 e. The fourth-order valence-corrected chi connectivity index (χ4v) is 3.09. The van der Waals surface area contributed by atoms with Crippen molar-refractivity contribution in [3.63, 3.8) is 0 Å². The molecule has 0 amide bonds. The Balaban J connectivity index is 1.93. The first-order valence-corrected chi connectivity index (χ1v) is 7.39. The van der Waals surface area contributed by atoms with Crippen molar-refractivity contribution in [2.45, 2.75) is 12.8 Å². The van der Waals surface area contributed by atoms with Crippen molar-refractivity contribution < 1.29 is 13.9 Å².